The van der Waals surface area contributed by atoms with Gasteiger partial charge < -0.3 is 10.5 Å². The maximum atomic E-state index is 13.7. The molecular weight excluding hydrogens is 265 g/mol. The van der Waals surface area contributed by atoms with E-state index in [4.69, 9.17) is 15.9 Å². The highest BCUT2D eigenvalue weighted by molar-refractivity contribution is 5.82. The number of rotatable bonds is 6. The number of halogens is 1. The molecule has 7 heteroatoms. The molecule has 0 aliphatic carbocycles. The van der Waals surface area contributed by atoms with E-state index in [0.717, 1.165) is 6.07 Å². The molecule has 0 fully saturated rings. The van der Waals surface area contributed by atoms with Crippen molar-refractivity contribution in [2.45, 2.75) is 27.2 Å². The van der Waals surface area contributed by atoms with Crippen molar-refractivity contribution in [2.75, 3.05) is 6.61 Å². The van der Waals surface area contributed by atoms with E-state index in [2.05, 4.69) is 0 Å². The smallest absolute Gasteiger partial charge is 0.275 e. The van der Waals surface area contributed by atoms with Gasteiger partial charge in [0.2, 0.25) is 0 Å². The summed E-state index contributed by atoms with van der Waals surface area (Å²) in [5.74, 6) is -0.781. The van der Waals surface area contributed by atoms with Crippen molar-refractivity contribution in [1.82, 2.24) is 0 Å². The van der Waals surface area contributed by atoms with Crippen LogP contribution in [-0.2, 0) is 0 Å². The Hall–Kier alpha value is -2.18. The molecule has 20 heavy (non-hydrogen) atoms. The van der Waals surface area contributed by atoms with Gasteiger partial charge in [0.25, 0.3) is 5.69 Å². The average Bonchev–Trinajstić information content (AvgIpc) is 2.32. The molecule has 1 rings (SSSR count). The minimum absolute atomic E-state index is 0.0291. The number of aryl methyl sites for hydroxylation is 1. The SMILES string of the molecule is Cc1cc(OCCC(C)(C)C(=N)N)c(F)cc1[N+](=O)[O-]. The quantitative estimate of drug-likeness (QED) is 0.362. The number of nitrogens with one attached hydrogen (secondary N) is 1. The van der Waals surface area contributed by atoms with E-state index >= 15 is 0 Å². The number of nitro benzene ring substituents is 1. The third-order valence-corrected chi connectivity index (χ3v) is 3.16. The molecule has 0 bridgehead atoms. The van der Waals surface area contributed by atoms with Crippen molar-refractivity contribution in [2.24, 2.45) is 11.1 Å². The van der Waals surface area contributed by atoms with Crippen LogP contribution in [0.4, 0.5) is 10.1 Å². The van der Waals surface area contributed by atoms with Gasteiger partial charge in [-0.25, -0.2) is 4.39 Å². The van der Waals surface area contributed by atoms with Gasteiger partial charge in [0, 0.05) is 11.0 Å². The predicted octanol–water partition coefficient (Wildman–Crippen LogP) is 2.77. The lowest BCUT2D eigenvalue weighted by Gasteiger charge is -2.22. The number of hydrogen-bond acceptors (Lipinski definition) is 4. The Kier molecular flexibility index (Phi) is 4.65. The zero-order valence-corrected chi connectivity index (χ0v) is 11.7. The molecule has 0 radical (unpaired) electrons. The first kappa shape index (κ1) is 15.9. The maximum Gasteiger partial charge on any atom is 0.275 e. The molecular formula is C13H18FN3O3. The van der Waals surface area contributed by atoms with E-state index in [1.807, 2.05) is 0 Å². The van der Waals surface area contributed by atoms with Gasteiger partial charge in [-0.3, -0.25) is 15.5 Å². The molecule has 0 aliphatic heterocycles. The molecule has 0 aromatic heterocycles. The van der Waals surface area contributed by atoms with E-state index in [-0.39, 0.29) is 23.9 Å². The zero-order chi connectivity index (χ0) is 15.5. The number of hydrogen-bond donors (Lipinski definition) is 2. The van der Waals surface area contributed by atoms with Crippen molar-refractivity contribution in [1.29, 1.82) is 5.41 Å². The van der Waals surface area contributed by atoms with E-state index in [1.165, 1.54) is 13.0 Å². The summed E-state index contributed by atoms with van der Waals surface area (Å²) in [7, 11) is 0. The molecule has 1 aromatic carbocycles. The predicted molar refractivity (Wildman–Crippen MR) is 73.6 cm³/mol. The Morgan fingerprint density at radius 1 is 1.55 bits per heavy atom. The largest absolute Gasteiger partial charge is 0.490 e. The van der Waals surface area contributed by atoms with Crippen molar-refractivity contribution in [3.05, 3.63) is 33.6 Å². The summed E-state index contributed by atoms with van der Waals surface area (Å²) in [5, 5.41) is 18.1. The summed E-state index contributed by atoms with van der Waals surface area (Å²) in [6.45, 7) is 5.26. The first-order valence-corrected chi connectivity index (χ1v) is 6.07. The second-order valence-electron chi connectivity index (χ2n) is 5.22. The maximum absolute atomic E-state index is 13.7. The Balaban J connectivity index is 2.78. The first-order chi connectivity index (χ1) is 9.15. The minimum Gasteiger partial charge on any atom is -0.490 e. The van der Waals surface area contributed by atoms with Gasteiger partial charge in [-0.2, -0.15) is 0 Å². The van der Waals surface area contributed by atoms with E-state index in [9.17, 15) is 14.5 Å². The highest BCUT2D eigenvalue weighted by atomic mass is 19.1. The van der Waals surface area contributed by atoms with Crippen molar-refractivity contribution < 1.29 is 14.1 Å². The van der Waals surface area contributed by atoms with E-state index < -0.39 is 16.2 Å². The summed E-state index contributed by atoms with van der Waals surface area (Å²) in [6, 6.07) is 2.15. The van der Waals surface area contributed by atoms with Crippen molar-refractivity contribution in [3.63, 3.8) is 0 Å². The summed E-state index contributed by atoms with van der Waals surface area (Å²) in [5.41, 5.74) is 4.95. The summed E-state index contributed by atoms with van der Waals surface area (Å²) in [4.78, 5) is 10.0. The van der Waals surface area contributed by atoms with Crippen LogP contribution in [0.3, 0.4) is 0 Å². The summed E-state index contributed by atoms with van der Waals surface area (Å²) in [6.07, 6.45) is 0.442. The topological polar surface area (TPSA) is 102 Å². The standard InChI is InChI=1S/C13H18FN3O3/c1-8-6-11(9(14)7-10(8)17(18)19)20-5-4-13(2,3)12(15)16/h6-7H,4-5H2,1-3H3,(H3,15,16). The number of benzene rings is 1. The van der Waals surface area contributed by atoms with E-state index in [1.54, 1.807) is 13.8 Å². The number of amidine groups is 1. The molecule has 0 amide bonds. The zero-order valence-electron chi connectivity index (χ0n) is 11.7. The second-order valence-corrected chi connectivity index (χ2v) is 5.22. The van der Waals surface area contributed by atoms with Crippen LogP contribution in [0.1, 0.15) is 25.8 Å². The fourth-order valence-corrected chi connectivity index (χ4v) is 1.50. The average molecular weight is 283 g/mol. The Labute approximate surface area is 116 Å². The Bertz CT molecular complexity index is 544. The molecule has 0 saturated carbocycles. The van der Waals surface area contributed by atoms with Crippen molar-refractivity contribution in [3.8, 4) is 5.75 Å². The third kappa shape index (κ3) is 3.66. The lowest BCUT2D eigenvalue weighted by molar-refractivity contribution is -0.385. The summed E-state index contributed by atoms with van der Waals surface area (Å²) < 4.78 is 19.0. The normalized spacial score (nSPS) is 11.2. The van der Waals surface area contributed by atoms with Gasteiger partial charge in [-0.1, -0.05) is 13.8 Å². The monoisotopic (exact) mass is 283 g/mol. The third-order valence-electron chi connectivity index (χ3n) is 3.16. The molecule has 0 spiro atoms. The van der Waals surface area contributed by atoms with Crippen LogP contribution in [0.2, 0.25) is 0 Å². The van der Waals surface area contributed by atoms with Crippen LogP contribution in [0, 0.1) is 33.7 Å². The van der Waals surface area contributed by atoms with Crippen LogP contribution in [0.15, 0.2) is 12.1 Å². The first-order valence-electron chi connectivity index (χ1n) is 6.07. The van der Waals surface area contributed by atoms with Crippen LogP contribution in [0.25, 0.3) is 0 Å². The molecule has 3 N–H and O–H groups in total. The van der Waals surface area contributed by atoms with Gasteiger partial charge in [0.15, 0.2) is 11.6 Å². The number of nitrogens with zero attached hydrogens (tertiary/aromatic N) is 1. The highest BCUT2D eigenvalue weighted by Gasteiger charge is 2.22. The molecule has 6 nitrogen and oxygen atoms in total. The van der Waals surface area contributed by atoms with Crippen molar-refractivity contribution >= 4 is 11.5 Å². The van der Waals surface area contributed by atoms with E-state index in [0.29, 0.717) is 12.0 Å². The Morgan fingerprint density at radius 3 is 2.65 bits per heavy atom. The van der Waals surface area contributed by atoms with Gasteiger partial charge in [0.1, 0.15) is 0 Å². The number of ether oxygens (including phenoxy) is 1. The lowest BCUT2D eigenvalue weighted by atomic mass is 9.88. The van der Waals surface area contributed by atoms with Gasteiger partial charge in [0.05, 0.1) is 23.4 Å². The minimum atomic E-state index is -0.775. The molecule has 0 unspecified atom stereocenters. The number of nitrogens with two attached hydrogens (primary N) is 1. The molecule has 0 atom stereocenters. The van der Waals surface area contributed by atoms with Crippen LogP contribution in [0.5, 0.6) is 5.75 Å². The molecule has 110 valence electrons. The number of nitro groups is 1. The summed E-state index contributed by atoms with van der Waals surface area (Å²) >= 11 is 0. The second kappa shape index (κ2) is 5.85. The van der Waals surface area contributed by atoms with Gasteiger partial charge in [-0.15, -0.1) is 0 Å². The molecule has 0 aliphatic rings. The Morgan fingerprint density at radius 2 is 2.15 bits per heavy atom. The molecule has 1 aromatic rings. The van der Waals surface area contributed by atoms with Gasteiger partial charge >= 0.3 is 0 Å². The van der Waals surface area contributed by atoms with Crippen LogP contribution < -0.4 is 10.5 Å². The van der Waals surface area contributed by atoms with Crippen LogP contribution in [-0.4, -0.2) is 17.4 Å². The lowest BCUT2D eigenvalue weighted by Crippen LogP contribution is -2.32. The highest BCUT2D eigenvalue weighted by Crippen LogP contribution is 2.28. The molecule has 0 saturated heterocycles. The molecule has 0 heterocycles. The van der Waals surface area contributed by atoms with Crippen LogP contribution >= 0.6 is 0 Å². The van der Waals surface area contributed by atoms with Gasteiger partial charge in [-0.05, 0) is 19.4 Å². The fourth-order valence-electron chi connectivity index (χ4n) is 1.50. The fraction of sp³-hybridized carbons (Fsp3) is 0.462.